The van der Waals surface area contributed by atoms with Gasteiger partial charge in [-0.25, -0.2) is 14.8 Å². The van der Waals surface area contributed by atoms with Gasteiger partial charge in [-0.1, -0.05) is 0 Å². The zero-order chi connectivity index (χ0) is 24.4. The molecule has 0 fully saturated rings. The molecule has 3 heterocycles. The maximum absolute atomic E-state index is 10.7. The predicted molar refractivity (Wildman–Crippen MR) is 121 cm³/mol. The summed E-state index contributed by atoms with van der Waals surface area (Å²) in [6.45, 7) is 0. The first-order valence-electron chi connectivity index (χ1n) is 7.94. The number of carbonyl (C=O) groups is 1. The summed E-state index contributed by atoms with van der Waals surface area (Å²) in [6.07, 6.45) is 1.69. The van der Waals surface area contributed by atoms with Crippen molar-refractivity contribution in [1.29, 1.82) is 0 Å². The van der Waals surface area contributed by atoms with Gasteiger partial charge >= 0.3 is 5.69 Å². The summed E-state index contributed by atoms with van der Waals surface area (Å²) in [6, 6.07) is 0. The zero-order valence-electron chi connectivity index (χ0n) is 15.9. The number of anilines is 7. The quantitative estimate of drug-likeness (QED) is 0.115. The van der Waals surface area contributed by atoms with Crippen LogP contribution in [0.5, 0.6) is 0 Å². The Bertz CT molecular complexity index is 1240. The highest BCUT2D eigenvalue weighted by molar-refractivity contribution is 7.71. The van der Waals surface area contributed by atoms with Crippen LogP contribution in [0, 0.1) is 9.68 Å². The zero-order valence-corrected chi connectivity index (χ0v) is 16.8. The van der Waals surface area contributed by atoms with E-state index in [1.54, 1.807) is 0 Å². The SMILES string of the molecule is Nc1[nH]c(=S)[nH]c(=O)c1N.Nc1nc(=O)[nH]c(N)c1N=O.Nc1ncnc(N)c1NC=O. The fourth-order valence-corrected chi connectivity index (χ4v) is 1.94. The van der Waals surface area contributed by atoms with E-state index >= 15 is 0 Å². The van der Waals surface area contributed by atoms with Gasteiger partial charge in [-0.15, -0.1) is 4.91 Å². The molecule has 0 aliphatic heterocycles. The minimum atomic E-state index is -0.701. The third kappa shape index (κ3) is 6.77. The van der Waals surface area contributed by atoms with Crippen LogP contribution in [0.15, 0.2) is 21.1 Å². The largest absolute Gasteiger partial charge is 0.391 e. The van der Waals surface area contributed by atoms with E-state index in [0.717, 1.165) is 0 Å². The molecule has 3 aromatic heterocycles. The van der Waals surface area contributed by atoms with E-state index in [2.05, 4.69) is 52.6 Å². The molecular formula is C13H18N14O4S. The minimum Gasteiger partial charge on any atom is -0.391 e. The van der Waals surface area contributed by atoms with E-state index < -0.39 is 11.2 Å². The topological polar surface area (TPSA) is 335 Å². The van der Waals surface area contributed by atoms with E-state index in [1.807, 2.05) is 0 Å². The van der Waals surface area contributed by atoms with Crippen molar-refractivity contribution < 1.29 is 4.79 Å². The van der Waals surface area contributed by atoms with Gasteiger partial charge < -0.3 is 44.7 Å². The highest BCUT2D eigenvalue weighted by atomic mass is 32.1. The van der Waals surface area contributed by atoms with Crippen LogP contribution in [0.3, 0.4) is 0 Å². The van der Waals surface area contributed by atoms with Crippen molar-refractivity contribution in [1.82, 2.24) is 29.9 Å². The number of rotatable bonds is 3. The summed E-state index contributed by atoms with van der Waals surface area (Å²) >= 11 is 4.60. The molecule has 1 amide bonds. The maximum Gasteiger partial charge on any atom is 0.348 e. The van der Waals surface area contributed by atoms with Crippen molar-refractivity contribution in [3.63, 3.8) is 0 Å². The van der Waals surface area contributed by atoms with Crippen LogP contribution in [-0.4, -0.2) is 36.3 Å². The summed E-state index contributed by atoms with van der Waals surface area (Å²) in [7, 11) is 0. The standard InChI is InChI=1S/C5H7N5O.C4H5N5O2.C4H6N4OS/c6-4-3(10-2-11)5(7)9-1-8-4;5-2-1(9-11)3(6)8-4(10)7-2;5-1-2(6)7-4(10)8-3(1)9/h1-2H,(H,10,11)(H4,6,7,8,9);(H5,5,6,7,8,10);5H2,(H4,6,7,8,9,10). The summed E-state index contributed by atoms with van der Waals surface area (Å²) in [4.78, 5) is 58.5. The van der Waals surface area contributed by atoms with Crippen LogP contribution in [0.1, 0.15) is 0 Å². The van der Waals surface area contributed by atoms with E-state index in [9.17, 15) is 19.3 Å². The molecule has 0 aliphatic rings. The lowest BCUT2D eigenvalue weighted by molar-refractivity contribution is -0.105. The molecule has 0 radical (unpaired) electrons. The molecule has 0 unspecified atom stereocenters. The number of aromatic nitrogens is 6. The molecule has 0 atom stereocenters. The number of amides is 1. The lowest BCUT2D eigenvalue weighted by atomic mass is 10.4. The summed E-state index contributed by atoms with van der Waals surface area (Å²) in [5, 5.41) is 4.77. The Labute approximate surface area is 181 Å². The number of carbonyl (C=O) groups excluding carboxylic acids is 1. The first-order valence-corrected chi connectivity index (χ1v) is 8.34. The number of nitrogens with two attached hydrogens (primary N) is 6. The fraction of sp³-hybridized carbons (Fsp3) is 0. The van der Waals surface area contributed by atoms with Gasteiger partial charge in [-0.3, -0.25) is 19.6 Å². The number of hydrogen-bond acceptors (Lipinski definition) is 15. The molecule has 0 bridgehead atoms. The number of H-pyrrole nitrogens is 3. The van der Waals surface area contributed by atoms with Crippen molar-refractivity contribution in [2.45, 2.75) is 0 Å². The molecule has 0 spiro atoms. The van der Waals surface area contributed by atoms with Crippen molar-refractivity contribution >= 4 is 64.8 Å². The summed E-state index contributed by atoms with van der Waals surface area (Å²) in [5.41, 5.74) is 30.3. The van der Waals surface area contributed by atoms with Crippen LogP contribution in [0.25, 0.3) is 0 Å². The van der Waals surface area contributed by atoms with Crippen LogP contribution in [-0.2, 0) is 4.79 Å². The molecule has 19 heteroatoms. The average Bonchev–Trinajstić information content (AvgIpc) is 2.69. The second-order valence-corrected chi connectivity index (χ2v) is 5.71. The maximum atomic E-state index is 10.7. The molecule has 32 heavy (non-hydrogen) atoms. The number of nitrogen functional groups attached to an aromatic ring is 6. The highest BCUT2D eigenvalue weighted by Gasteiger charge is 2.06. The van der Waals surface area contributed by atoms with Crippen molar-refractivity contribution in [2.24, 2.45) is 5.18 Å². The highest BCUT2D eigenvalue weighted by Crippen LogP contribution is 2.22. The molecular weight excluding hydrogens is 448 g/mol. The molecule has 3 aromatic rings. The van der Waals surface area contributed by atoms with E-state index in [4.69, 9.17) is 34.4 Å². The van der Waals surface area contributed by atoms with E-state index in [-0.39, 0.29) is 50.9 Å². The molecule has 18 nitrogen and oxygen atoms in total. The summed E-state index contributed by atoms with van der Waals surface area (Å²) in [5.74, 6) is -0.0123. The lowest BCUT2D eigenvalue weighted by Crippen LogP contribution is -2.15. The Hall–Kier alpha value is -5.07. The van der Waals surface area contributed by atoms with E-state index in [1.165, 1.54) is 6.33 Å². The van der Waals surface area contributed by atoms with Gasteiger partial charge in [0, 0.05) is 0 Å². The smallest absolute Gasteiger partial charge is 0.348 e. The minimum absolute atomic E-state index is 0.0337. The van der Waals surface area contributed by atoms with Crippen molar-refractivity contribution in [2.75, 3.05) is 39.7 Å². The number of hydrogen-bond donors (Lipinski definition) is 10. The van der Waals surface area contributed by atoms with Gasteiger partial charge in [-0.2, -0.15) is 4.98 Å². The normalized spacial score (nSPS) is 9.38. The van der Waals surface area contributed by atoms with Crippen molar-refractivity contribution in [3.05, 3.63) is 36.8 Å². The second-order valence-electron chi connectivity index (χ2n) is 5.30. The van der Waals surface area contributed by atoms with Gasteiger partial charge in [0.05, 0.1) is 0 Å². The fourth-order valence-electron chi connectivity index (χ4n) is 1.73. The van der Waals surface area contributed by atoms with Crippen LogP contribution in [0.4, 0.5) is 46.2 Å². The molecule has 16 N–H and O–H groups in total. The van der Waals surface area contributed by atoms with E-state index in [0.29, 0.717) is 6.41 Å². The van der Waals surface area contributed by atoms with Gasteiger partial charge in [0.1, 0.15) is 29.3 Å². The Morgan fingerprint density at radius 3 is 2.00 bits per heavy atom. The predicted octanol–water partition coefficient (Wildman–Crippen LogP) is -1.86. The third-order valence-electron chi connectivity index (χ3n) is 3.17. The summed E-state index contributed by atoms with van der Waals surface area (Å²) < 4.78 is 0.178. The molecule has 170 valence electrons. The second kappa shape index (κ2) is 11.2. The first-order chi connectivity index (χ1) is 15.0. The lowest BCUT2D eigenvalue weighted by Gasteiger charge is -2.03. The Morgan fingerprint density at radius 2 is 1.53 bits per heavy atom. The molecule has 0 saturated carbocycles. The van der Waals surface area contributed by atoms with Crippen LogP contribution in [0.2, 0.25) is 0 Å². The number of nitrogens with zero attached hydrogens (tertiary/aromatic N) is 4. The Kier molecular flexibility index (Phi) is 8.74. The van der Waals surface area contributed by atoms with Crippen LogP contribution >= 0.6 is 12.2 Å². The Morgan fingerprint density at radius 1 is 0.938 bits per heavy atom. The van der Waals surface area contributed by atoms with Gasteiger partial charge in [0.25, 0.3) is 5.56 Å². The first kappa shape index (κ1) is 25.0. The molecule has 0 saturated heterocycles. The Balaban J connectivity index is 0.000000240. The van der Waals surface area contributed by atoms with Gasteiger partial charge in [0.2, 0.25) is 6.41 Å². The number of nitroso groups, excluding NO2 is 1. The molecule has 3 rings (SSSR count). The number of nitrogens with one attached hydrogen (secondary N) is 4. The van der Waals surface area contributed by atoms with Gasteiger partial charge in [-0.05, 0) is 17.4 Å². The number of aromatic amines is 3. The van der Waals surface area contributed by atoms with Gasteiger partial charge in [0.15, 0.2) is 27.9 Å². The molecule has 0 aliphatic carbocycles. The monoisotopic (exact) mass is 466 g/mol. The average molecular weight is 466 g/mol. The third-order valence-corrected chi connectivity index (χ3v) is 3.38. The molecule has 0 aromatic carbocycles. The van der Waals surface area contributed by atoms with Crippen molar-refractivity contribution in [3.8, 4) is 0 Å². The van der Waals surface area contributed by atoms with Crippen LogP contribution < -0.4 is 51.0 Å².